The smallest absolute Gasteiger partial charge is 0.0112 e. The molecule has 0 heteroatoms. The van der Waals surface area contributed by atoms with Crippen LogP contribution in [0.4, 0.5) is 0 Å². The van der Waals surface area contributed by atoms with Gasteiger partial charge in [-0.15, -0.1) is 0 Å². The van der Waals surface area contributed by atoms with Crippen LogP contribution in [0.3, 0.4) is 0 Å². The zero-order valence-electron chi connectivity index (χ0n) is 12.1. The number of allylic oxidation sites excluding steroid dienone is 5. The lowest BCUT2D eigenvalue weighted by Crippen LogP contribution is -1.94. The van der Waals surface area contributed by atoms with Crippen LogP contribution < -0.4 is 0 Å². The zero-order chi connectivity index (χ0) is 13.5. The van der Waals surface area contributed by atoms with Gasteiger partial charge in [-0.1, -0.05) is 56.3 Å². The average Bonchev–Trinajstić information content (AvgIpc) is 2.43. The highest BCUT2D eigenvalue weighted by Crippen LogP contribution is 2.30. The molecule has 0 radical (unpaired) electrons. The summed E-state index contributed by atoms with van der Waals surface area (Å²) >= 11 is 0. The molecular weight excluding hydrogens is 216 g/mol. The molecule has 96 valence electrons. The monoisotopic (exact) mass is 240 g/mol. The minimum Gasteiger partial charge on any atom is -0.0909 e. The molecule has 0 unspecified atom stereocenters. The topological polar surface area (TPSA) is 0 Å². The molecule has 0 spiro atoms. The van der Waals surface area contributed by atoms with Crippen LogP contribution in [0.1, 0.15) is 51.7 Å². The summed E-state index contributed by atoms with van der Waals surface area (Å²) < 4.78 is 0. The summed E-state index contributed by atoms with van der Waals surface area (Å²) in [5, 5.41) is 0. The quantitative estimate of drug-likeness (QED) is 0.565. The number of rotatable bonds is 5. The van der Waals surface area contributed by atoms with E-state index >= 15 is 0 Å². The molecule has 0 aliphatic rings. The Morgan fingerprint density at radius 2 is 1.72 bits per heavy atom. The predicted octanol–water partition coefficient (Wildman–Crippen LogP) is 5.87. The maximum absolute atomic E-state index is 4.24. The van der Waals surface area contributed by atoms with Crippen molar-refractivity contribution in [2.75, 3.05) is 0 Å². The van der Waals surface area contributed by atoms with Crippen LogP contribution in [-0.2, 0) is 0 Å². The van der Waals surface area contributed by atoms with Gasteiger partial charge in [0, 0.05) is 0 Å². The van der Waals surface area contributed by atoms with Gasteiger partial charge in [0.15, 0.2) is 0 Å². The first-order valence-electron chi connectivity index (χ1n) is 6.72. The Labute approximate surface area is 112 Å². The molecule has 0 heterocycles. The lowest BCUT2D eigenvalue weighted by molar-refractivity contribution is 0.971. The maximum atomic E-state index is 4.24. The molecule has 1 rings (SSSR count). The van der Waals surface area contributed by atoms with E-state index in [1.54, 1.807) is 0 Å². The SMILES string of the molecule is C=C(/C(C)=C\C)c1ccccc1/C(=C/C)CCC. The van der Waals surface area contributed by atoms with Crippen molar-refractivity contribution in [1.82, 2.24) is 0 Å². The molecule has 0 aliphatic heterocycles. The van der Waals surface area contributed by atoms with Gasteiger partial charge in [0.2, 0.25) is 0 Å². The molecule has 0 nitrogen and oxygen atoms in total. The van der Waals surface area contributed by atoms with E-state index < -0.39 is 0 Å². The Balaban J connectivity index is 3.26. The normalized spacial score (nSPS) is 12.7. The van der Waals surface area contributed by atoms with Crippen LogP contribution in [0.15, 0.2) is 48.6 Å². The molecule has 0 fully saturated rings. The standard InChI is InChI=1S/C18H24/c1-6-11-16(8-3)18-13-10-9-12-17(18)15(5)14(4)7-2/h7-10,12-13H,5-6,11H2,1-4H3/b14-7-,16-8+. The summed E-state index contributed by atoms with van der Waals surface area (Å²) in [6.45, 7) is 12.8. The lowest BCUT2D eigenvalue weighted by atomic mass is 9.90. The highest BCUT2D eigenvalue weighted by molar-refractivity contribution is 5.85. The first kappa shape index (κ1) is 14.5. The molecule has 0 aromatic heterocycles. The van der Waals surface area contributed by atoms with E-state index in [0.29, 0.717) is 0 Å². The molecule has 0 atom stereocenters. The number of hydrogen-bond donors (Lipinski definition) is 0. The van der Waals surface area contributed by atoms with Gasteiger partial charge in [-0.05, 0) is 55.0 Å². The Morgan fingerprint density at radius 1 is 1.11 bits per heavy atom. The van der Waals surface area contributed by atoms with E-state index in [-0.39, 0.29) is 0 Å². The summed E-state index contributed by atoms with van der Waals surface area (Å²) in [5.74, 6) is 0. The van der Waals surface area contributed by atoms with Crippen LogP contribution in [0, 0.1) is 0 Å². The van der Waals surface area contributed by atoms with Crippen molar-refractivity contribution in [3.05, 3.63) is 59.7 Å². The minimum absolute atomic E-state index is 1.12. The van der Waals surface area contributed by atoms with Crippen LogP contribution in [0.25, 0.3) is 11.1 Å². The van der Waals surface area contributed by atoms with Crippen LogP contribution in [0.5, 0.6) is 0 Å². The van der Waals surface area contributed by atoms with E-state index in [0.717, 1.165) is 12.0 Å². The second kappa shape index (κ2) is 7.00. The van der Waals surface area contributed by atoms with Gasteiger partial charge >= 0.3 is 0 Å². The highest BCUT2D eigenvalue weighted by Gasteiger charge is 2.09. The van der Waals surface area contributed by atoms with Gasteiger partial charge in [0.1, 0.15) is 0 Å². The second-order valence-electron chi connectivity index (χ2n) is 4.56. The fourth-order valence-electron chi connectivity index (χ4n) is 2.12. The van der Waals surface area contributed by atoms with Crippen molar-refractivity contribution in [1.29, 1.82) is 0 Å². The van der Waals surface area contributed by atoms with Gasteiger partial charge < -0.3 is 0 Å². The van der Waals surface area contributed by atoms with Gasteiger partial charge in [0.25, 0.3) is 0 Å². The second-order valence-corrected chi connectivity index (χ2v) is 4.56. The van der Waals surface area contributed by atoms with E-state index in [1.165, 1.54) is 28.7 Å². The predicted molar refractivity (Wildman–Crippen MR) is 83.5 cm³/mol. The van der Waals surface area contributed by atoms with Crippen molar-refractivity contribution in [3.63, 3.8) is 0 Å². The third kappa shape index (κ3) is 3.22. The largest absolute Gasteiger partial charge is 0.0909 e. The van der Waals surface area contributed by atoms with Gasteiger partial charge in [0.05, 0.1) is 0 Å². The molecular formula is C18H24. The van der Waals surface area contributed by atoms with E-state index in [1.807, 2.05) is 0 Å². The Morgan fingerprint density at radius 3 is 2.22 bits per heavy atom. The van der Waals surface area contributed by atoms with Gasteiger partial charge in [-0.2, -0.15) is 0 Å². The van der Waals surface area contributed by atoms with Crippen molar-refractivity contribution in [2.24, 2.45) is 0 Å². The van der Waals surface area contributed by atoms with Crippen molar-refractivity contribution in [2.45, 2.75) is 40.5 Å². The fraction of sp³-hybridized carbons (Fsp3) is 0.333. The van der Waals surface area contributed by atoms with E-state index in [9.17, 15) is 0 Å². The Kier molecular flexibility index (Phi) is 5.64. The Bertz CT molecular complexity index is 473. The number of benzene rings is 1. The van der Waals surface area contributed by atoms with E-state index in [4.69, 9.17) is 0 Å². The summed E-state index contributed by atoms with van der Waals surface area (Å²) in [4.78, 5) is 0. The minimum atomic E-state index is 1.12. The molecule has 1 aromatic rings. The van der Waals surface area contributed by atoms with Crippen LogP contribution in [0.2, 0.25) is 0 Å². The molecule has 18 heavy (non-hydrogen) atoms. The lowest BCUT2D eigenvalue weighted by Gasteiger charge is -2.15. The molecule has 0 bridgehead atoms. The van der Waals surface area contributed by atoms with Crippen molar-refractivity contribution in [3.8, 4) is 0 Å². The van der Waals surface area contributed by atoms with Crippen molar-refractivity contribution >= 4 is 11.1 Å². The summed E-state index contributed by atoms with van der Waals surface area (Å²) in [6, 6.07) is 8.57. The highest BCUT2D eigenvalue weighted by atomic mass is 14.1. The molecule has 0 saturated carbocycles. The average molecular weight is 240 g/mol. The summed E-state index contributed by atoms with van der Waals surface area (Å²) in [6.07, 6.45) is 6.63. The summed E-state index contributed by atoms with van der Waals surface area (Å²) in [5.41, 5.74) is 6.37. The maximum Gasteiger partial charge on any atom is -0.0112 e. The van der Waals surface area contributed by atoms with Gasteiger partial charge in [-0.25, -0.2) is 0 Å². The van der Waals surface area contributed by atoms with Crippen LogP contribution >= 0.6 is 0 Å². The van der Waals surface area contributed by atoms with Crippen molar-refractivity contribution < 1.29 is 0 Å². The first-order valence-corrected chi connectivity index (χ1v) is 6.72. The first-order chi connectivity index (χ1) is 8.65. The van der Waals surface area contributed by atoms with Crippen LogP contribution in [-0.4, -0.2) is 0 Å². The number of hydrogen-bond acceptors (Lipinski definition) is 0. The third-order valence-electron chi connectivity index (χ3n) is 3.37. The molecule has 1 aromatic carbocycles. The third-order valence-corrected chi connectivity index (χ3v) is 3.37. The Hall–Kier alpha value is -1.56. The van der Waals surface area contributed by atoms with E-state index in [2.05, 4.69) is 70.7 Å². The fourth-order valence-corrected chi connectivity index (χ4v) is 2.12. The van der Waals surface area contributed by atoms with Gasteiger partial charge in [-0.3, -0.25) is 0 Å². The summed E-state index contributed by atoms with van der Waals surface area (Å²) in [7, 11) is 0. The molecule has 0 aliphatic carbocycles. The molecule has 0 amide bonds. The zero-order valence-corrected chi connectivity index (χ0v) is 12.1. The molecule has 0 N–H and O–H groups in total. The molecule has 0 saturated heterocycles.